The summed E-state index contributed by atoms with van der Waals surface area (Å²) in [5.41, 5.74) is 0.545. The SMILES string of the molecule is O=C1NC(=NC2CCCCC2)SC1=CC=Cc1ccccc1[N+](=O)[O-]. The lowest BCUT2D eigenvalue weighted by Gasteiger charge is -2.17. The minimum Gasteiger partial charge on any atom is -0.301 e. The van der Waals surface area contributed by atoms with Gasteiger partial charge in [-0.3, -0.25) is 19.9 Å². The van der Waals surface area contributed by atoms with E-state index in [9.17, 15) is 14.9 Å². The van der Waals surface area contributed by atoms with Crippen LogP contribution in [0.25, 0.3) is 6.08 Å². The van der Waals surface area contributed by atoms with Crippen molar-refractivity contribution in [2.75, 3.05) is 0 Å². The summed E-state index contributed by atoms with van der Waals surface area (Å²) >= 11 is 1.32. The number of hydrogen-bond acceptors (Lipinski definition) is 5. The molecule has 25 heavy (non-hydrogen) atoms. The number of nitrogens with zero attached hydrogens (tertiary/aromatic N) is 2. The molecule has 1 saturated carbocycles. The maximum absolute atomic E-state index is 12.0. The first-order valence-electron chi connectivity index (χ1n) is 8.32. The number of amides is 1. The van der Waals surface area contributed by atoms with E-state index in [1.165, 1.54) is 37.1 Å². The van der Waals surface area contributed by atoms with E-state index in [0.717, 1.165) is 12.8 Å². The first-order valence-corrected chi connectivity index (χ1v) is 9.14. The van der Waals surface area contributed by atoms with Crippen LogP contribution in [0, 0.1) is 10.1 Å². The molecule has 0 aromatic heterocycles. The van der Waals surface area contributed by atoms with Gasteiger partial charge in [0.1, 0.15) is 0 Å². The molecule has 1 aliphatic heterocycles. The monoisotopic (exact) mass is 357 g/mol. The normalized spacial score (nSPS) is 22.0. The average Bonchev–Trinajstić information content (AvgIpc) is 2.95. The fourth-order valence-corrected chi connectivity index (χ4v) is 3.76. The molecule has 3 rings (SSSR count). The average molecular weight is 357 g/mol. The molecular formula is C18H19N3O3S. The maximum Gasteiger partial charge on any atom is 0.276 e. The molecule has 0 radical (unpaired) electrons. The third kappa shape index (κ3) is 4.57. The highest BCUT2D eigenvalue weighted by Gasteiger charge is 2.24. The molecule has 1 heterocycles. The van der Waals surface area contributed by atoms with Gasteiger partial charge in [0.05, 0.1) is 21.4 Å². The van der Waals surface area contributed by atoms with Crippen LogP contribution >= 0.6 is 11.8 Å². The van der Waals surface area contributed by atoms with E-state index in [1.54, 1.807) is 36.4 Å². The second-order valence-electron chi connectivity index (χ2n) is 5.99. The highest BCUT2D eigenvalue weighted by atomic mass is 32.2. The minimum atomic E-state index is -0.418. The smallest absolute Gasteiger partial charge is 0.276 e. The maximum atomic E-state index is 12.0. The Labute approximate surface area is 150 Å². The summed E-state index contributed by atoms with van der Waals surface area (Å²) in [6, 6.07) is 6.80. The highest BCUT2D eigenvalue weighted by molar-refractivity contribution is 8.18. The van der Waals surface area contributed by atoms with Crippen molar-refractivity contribution < 1.29 is 9.72 Å². The Morgan fingerprint density at radius 2 is 2.00 bits per heavy atom. The summed E-state index contributed by atoms with van der Waals surface area (Å²) < 4.78 is 0. The molecule has 1 saturated heterocycles. The van der Waals surface area contributed by atoms with Gasteiger partial charge in [0, 0.05) is 6.07 Å². The summed E-state index contributed by atoms with van der Waals surface area (Å²) in [6.07, 6.45) is 10.8. The van der Waals surface area contributed by atoms with Crippen molar-refractivity contribution >= 4 is 34.6 Å². The number of hydrogen-bond donors (Lipinski definition) is 1. The van der Waals surface area contributed by atoms with E-state index < -0.39 is 4.92 Å². The van der Waals surface area contributed by atoms with Gasteiger partial charge in [-0.25, -0.2) is 0 Å². The predicted molar refractivity (Wildman–Crippen MR) is 100 cm³/mol. The molecule has 6 nitrogen and oxygen atoms in total. The van der Waals surface area contributed by atoms with Crippen molar-refractivity contribution in [1.82, 2.24) is 5.32 Å². The Morgan fingerprint density at radius 3 is 2.76 bits per heavy atom. The van der Waals surface area contributed by atoms with Gasteiger partial charge in [-0.05, 0) is 42.8 Å². The van der Waals surface area contributed by atoms with Crippen molar-refractivity contribution in [3.8, 4) is 0 Å². The van der Waals surface area contributed by atoms with Crippen molar-refractivity contribution in [3.63, 3.8) is 0 Å². The molecule has 0 atom stereocenters. The van der Waals surface area contributed by atoms with Crippen LogP contribution in [-0.2, 0) is 4.79 Å². The summed E-state index contributed by atoms with van der Waals surface area (Å²) in [5.74, 6) is -0.174. The molecular weight excluding hydrogens is 338 g/mol. The van der Waals surface area contributed by atoms with Crippen LogP contribution in [0.4, 0.5) is 5.69 Å². The number of aliphatic imine (C=N–C) groups is 1. The van der Waals surface area contributed by atoms with Gasteiger partial charge in [-0.15, -0.1) is 0 Å². The lowest BCUT2D eigenvalue weighted by molar-refractivity contribution is -0.385. The van der Waals surface area contributed by atoms with Gasteiger partial charge in [0.15, 0.2) is 5.17 Å². The van der Waals surface area contributed by atoms with E-state index in [4.69, 9.17) is 0 Å². The topological polar surface area (TPSA) is 84.6 Å². The van der Waals surface area contributed by atoms with Crippen molar-refractivity contribution in [3.05, 3.63) is 57.0 Å². The number of para-hydroxylation sites is 1. The van der Waals surface area contributed by atoms with E-state index >= 15 is 0 Å². The molecule has 0 bridgehead atoms. The molecule has 1 aromatic carbocycles. The third-order valence-corrected chi connectivity index (χ3v) is 5.12. The number of nitro benzene ring substituents is 1. The van der Waals surface area contributed by atoms with Gasteiger partial charge in [0.25, 0.3) is 11.6 Å². The molecule has 7 heteroatoms. The van der Waals surface area contributed by atoms with Crippen LogP contribution in [0.1, 0.15) is 37.7 Å². The van der Waals surface area contributed by atoms with Crippen LogP contribution in [0.5, 0.6) is 0 Å². The number of benzene rings is 1. The Hall–Kier alpha value is -2.41. The molecule has 2 fully saturated rings. The fourth-order valence-electron chi connectivity index (χ4n) is 2.91. The van der Waals surface area contributed by atoms with E-state index in [1.807, 2.05) is 0 Å². The van der Waals surface area contributed by atoms with Gasteiger partial charge >= 0.3 is 0 Å². The Balaban J connectivity index is 1.69. The number of amidine groups is 1. The zero-order valence-electron chi connectivity index (χ0n) is 13.7. The second kappa shape index (κ2) is 8.11. The van der Waals surface area contributed by atoms with E-state index in [0.29, 0.717) is 21.7 Å². The molecule has 1 amide bonds. The number of nitro groups is 1. The van der Waals surface area contributed by atoms with Crippen LogP contribution in [0.15, 0.2) is 46.3 Å². The number of thioether (sulfide) groups is 1. The number of rotatable bonds is 4. The van der Waals surface area contributed by atoms with Crippen LogP contribution < -0.4 is 5.32 Å². The summed E-state index contributed by atoms with van der Waals surface area (Å²) in [7, 11) is 0. The first kappa shape index (κ1) is 17.4. The first-order chi connectivity index (χ1) is 12.1. The summed E-state index contributed by atoms with van der Waals surface area (Å²) in [4.78, 5) is 27.8. The highest BCUT2D eigenvalue weighted by Crippen LogP contribution is 2.27. The van der Waals surface area contributed by atoms with Gasteiger partial charge in [-0.2, -0.15) is 0 Å². The van der Waals surface area contributed by atoms with Gasteiger partial charge in [0.2, 0.25) is 0 Å². The lowest BCUT2D eigenvalue weighted by Crippen LogP contribution is -2.22. The molecule has 0 spiro atoms. The Morgan fingerprint density at radius 1 is 1.24 bits per heavy atom. The standard InChI is InChI=1S/C18H19N3O3S/c22-17-16(25-18(20-17)19-14-9-2-1-3-10-14)12-6-8-13-7-4-5-11-15(13)21(23)24/h4-8,11-12,14H,1-3,9-10H2,(H,19,20,22). The Bertz CT molecular complexity index is 765. The number of nitrogens with one attached hydrogen (secondary N) is 1. The molecule has 2 aliphatic rings. The molecule has 130 valence electrons. The zero-order valence-corrected chi connectivity index (χ0v) is 14.5. The van der Waals surface area contributed by atoms with Crippen LogP contribution in [0.3, 0.4) is 0 Å². The quantitative estimate of drug-likeness (QED) is 0.500. The minimum absolute atomic E-state index is 0.0419. The summed E-state index contributed by atoms with van der Waals surface area (Å²) in [5, 5.41) is 14.4. The molecule has 1 aromatic rings. The second-order valence-corrected chi connectivity index (χ2v) is 7.02. The molecule has 1 aliphatic carbocycles. The fraction of sp³-hybridized carbons (Fsp3) is 0.333. The predicted octanol–water partition coefficient (Wildman–Crippen LogP) is 4.04. The number of carbonyl (C=O) groups excluding carboxylic acids is 1. The molecule has 0 unspecified atom stereocenters. The van der Waals surface area contributed by atoms with Gasteiger partial charge < -0.3 is 5.32 Å². The summed E-state index contributed by atoms with van der Waals surface area (Å²) in [6.45, 7) is 0. The van der Waals surface area contributed by atoms with Crippen molar-refractivity contribution in [2.45, 2.75) is 38.1 Å². The van der Waals surface area contributed by atoms with E-state index in [2.05, 4.69) is 10.3 Å². The zero-order chi connectivity index (χ0) is 17.6. The van der Waals surface area contributed by atoms with E-state index in [-0.39, 0.29) is 11.6 Å². The third-order valence-electron chi connectivity index (χ3n) is 4.18. The van der Waals surface area contributed by atoms with Crippen LogP contribution in [-0.4, -0.2) is 22.0 Å². The van der Waals surface area contributed by atoms with Gasteiger partial charge in [-0.1, -0.05) is 37.5 Å². The number of carbonyl (C=O) groups is 1. The van der Waals surface area contributed by atoms with Crippen LogP contribution in [0.2, 0.25) is 0 Å². The lowest BCUT2D eigenvalue weighted by atomic mass is 9.96. The van der Waals surface area contributed by atoms with Crippen molar-refractivity contribution in [1.29, 1.82) is 0 Å². The van der Waals surface area contributed by atoms with Crippen molar-refractivity contribution in [2.24, 2.45) is 4.99 Å². The number of allylic oxidation sites excluding steroid dienone is 2. The molecule has 1 N–H and O–H groups in total. The largest absolute Gasteiger partial charge is 0.301 e. The Kier molecular flexibility index (Phi) is 5.65.